The Morgan fingerprint density at radius 1 is 1.45 bits per heavy atom. The van der Waals surface area contributed by atoms with Gasteiger partial charge in [0.05, 0.1) is 12.5 Å². The number of aryl methyl sites for hydroxylation is 1. The predicted molar refractivity (Wildman–Crippen MR) is 84.9 cm³/mol. The molecule has 2 atom stereocenters. The van der Waals surface area contributed by atoms with Crippen LogP contribution in [0.4, 0.5) is 5.69 Å². The zero-order chi connectivity index (χ0) is 14.5. The van der Waals surface area contributed by atoms with Crippen molar-refractivity contribution >= 4 is 27.6 Å². The van der Waals surface area contributed by atoms with Gasteiger partial charge < -0.3 is 10.1 Å². The van der Waals surface area contributed by atoms with Gasteiger partial charge in [-0.2, -0.15) is 0 Å². The monoisotopic (exact) mass is 339 g/mol. The predicted octanol–water partition coefficient (Wildman–Crippen LogP) is 4.29. The van der Waals surface area contributed by atoms with Gasteiger partial charge in [-0.25, -0.2) is 0 Å². The van der Waals surface area contributed by atoms with E-state index in [1.54, 1.807) is 0 Å². The molecule has 20 heavy (non-hydrogen) atoms. The minimum absolute atomic E-state index is 0.0398. The van der Waals surface area contributed by atoms with E-state index in [1.165, 1.54) is 5.56 Å². The summed E-state index contributed by atoms with van der Waals surface area (Å²) in [6.45, 7) is 4.41. The first-order chi connectivity index (χ1) is 9.60. The molecule has 2 rings (SSSR count). The standard InChI is InChI=1S/C16H22BrNO2/c1-3-20-16(19)12-5-4-6-13(10-12)18-15-8-7-11(2)9-14(15)17/h7-9,12-13,18H,3-6,10H2,1-2H3. The van der Waals surface area contributed by atoms with Crippen molar-refractivity contribution in [3.8, 4) is 0 Å². The number of halogens is 1. The van der Waals surface area contributed by atoms with Crippen LogP contribution in [0.3, 0.4) is 0 Å². The van der Waals surface area contributed by atoms with Crippen molar-refractivity contribution in [2.24, 2.45) is 5.92 Å². The van der Waals surface area contributed by atoms with Crippen molar-refractivity contribution < 1.29 is 9.53 Å². The van der Waals surface area contributed by atoms with E-state index in [9.17, 15) is 4.79 Å². The number of hydrogen-bond donors (Lipinski definition) is 1. The van der Waals surface area contributed by atoms with Gasteiger partial charge in [-0.3, -0.25) is 4.79 Å². The molecule has 1 fully saturated rings. The van der Waals surface area contributed by atoms with E-state index in [1.807, 2.05) is 6.92 Å². The Balaban J connectivity index is 1.97. The maximum Gasteiger partial charge on any atom is 0.308 e. The average Bonchev–Trinajstić information content (AvgIpc) is 2.43. The molecular formula is C16H22BrNO2. The number of carbonyl (C=O) groups is 1. The minimum atomic E-state index is -0.0398. The van der Waals surface area contributed by atoms with E-state index >= 15 is 0 Å². The van der Waals surface area contributed by atoms with Gasteiger partial charge in [-0.15, -0.1) is 0 Å². The van der Waals surface area contributed by atoms with Gasteiger partial charge in [0.1, 0.15) is 0 Å². The number of carbonyl (C=O) groups excluding carboxylic acids is 1. The number of hydrogen-bond acceptors (Lipinski definition) is 3. The van der Waals surface area contributed by atoms with Crippen LogP contribution in [0.1, 0.15) is 38.2 Å². The zero-order valence-electron chi connectivity index (χ0n) is 12.1. The smallest absolute Gasteiger partial charge is 0.308 e. The second-order valence-corrected chi connectivity index (χ2v) is 6.29. The molecule has 0 bridgehead atoms. The van der Waals surface area contributed by atoms with Crippen molar-refractivity contribution in [3.05, 3.63) is 28.2 Å². The number of anilines is 1. The van der Waals surface area contributed by atoms with Crippen LogP contribution in [0.2, 0.25) is 0 Å². The Morgan fingerprint density at radius 3 is 2.95 bits per heavy atom. The van der Waals surface area contributed by atoms with Crippen molar-refractivity contribution in [1.29, 1.82) is 0 Å². The van der Waals surface area contributed by atoms with Gasteiger partial charge in [0.25, 0.3) is 0 Å². The minimum Gasteiger partial charge on any atom is -0.466 e. The Hall–Kier alpha value is -1.03. The van der Waals surface area contributed by atoms with E-state index in [0.717, 1.165) is 35.8 Å². The van der Waals surface area contributed by atoms with Crippen molar-refractivity contribution in [1.82, 2.24) is 0 Å². The highest BCUT2D eigenvalue weighted by molar-refractivity contribution is 9.10. The summed E-state index contributed by atoms with van der Waals surface area (Å²) in [6.07, 6.45) is 3.99. The molecule has 1 aliphatic carbocycles. The Kier molecular flexibility index (Phi) is 5.46. The van der Waals surface area contributed by atoms with Crippen molar-refractivity contribution in [3.63, 3.8) is 0 Å². The fourth-order valence-corrected chi connectivity index (χ4v) is 3.36. The Bertz CT molecular complexity index is 476. The molecule has 1 aliphatic rings. The lowest BCUT2D eigenvalue weighted by atomic mass is 9.85. The summed E-state index contributed by atoms with van der Waals surface area (Å²) in [5.74, 6) is 0.00685. The SMILES string of the molecule is CCOC(=O)C1CCCC(Nc2ccc(C)cc2Br)C1. The van der Waals surface area contributed by atoms with E-state index in [0.29, 0.717) is 12.6 Å². The second kappa shape index (κ2) is 7.11. The molecular weight excluding hydrogens is 318 g/mol. The summed E-state index contributed by atoms with van der Waals surface area (Å²) in [7, 11) is 0. The highest BCUT2D eigenvalue weighted by Crippen LogP contribution is 2.30. The first-order valence-electron chi connectivity index (χ1n) is 7.29. The molecule has 0 heterocycles. The number of ether oxygens (including phenoxy) is 1. The fraction of sp³-hybridized carbons (Fsp3) is 0.562. The van der Waals surface area contributed by atoms with E-state index in [4.69, 9.17) is 4.74 Å². The molecule has 0 spiro atoms. The Morgan fingerprint density at radius 2 is 2.25 bits per heavy atom. The van der Waals surface area contributed by atoms with E-state index in [-0.39, 0.29) is 11.9 Å². The van der Waals surface area contributed by atoms with Crippen LogP contribution in [-0.4, -0.2) is 18.6 Å². The van der Waals surface area contributed by atoms with Crippen molar-refractivity contribution in [2.75, 3.05) is 11.9 Å². The van der Waals surface area contributed by atoms with E-state index < -0.39 is 0 Å². The lowest BCUT2D eigenvalue weighted by Crippen LogP contribution is -2.32. The molecule has 110 valence electrons. The average molecular weight is 340 g/mol. The number of nitrogens with one attached hydrogen (secondary N) is 1. The third-order valence-electron chi connectivity index (χ3n) is 3.78. The summed E-state index contributed by atoms with van der Waals surface area (Å²) < 4.78 is 6.22. The molecule has 0 saturated heterocycles. The molecule has 0 aromatic heterocycles. The van der Waals surface area contributed by atoms with E-state index in [2.05, 4.69) is 46.4 Å². The number of benzene rings is 1. The van der Waals surface area contributed by atoms with Crippen LogP contribution in [0, 0.1) is 12.8 Å². The summed E-state index contributed by atoms with van der Waals surface area (Å²) in [6, 6.07) is 6.64. The fourth-order valence-electron chi connectivity index (χ4n) is 2.75. The zero-order valence-corrected chi connectivity index (χ0v) is 13.7. The number of esters is 1. The third-order valence-corrected chi connectivity index (χ3v) is 4.43. The largest absolute Gasteiger partial charge is 0.466 e. The van der Waals surface area contributed by atoms with Gasteiger partial charge in [0.15, 0.2) is 0 Å². The Labute approximate surface area is 129 Å². The second-order valence-electron chi connectivity index (χ2n) is 5.44. The van der Waals surface area contributed by atoms with Gasteiger partial charge in [0, 0.05) is 16.2 Å². The first-order valence-corrected chi connectivity index (χ1v) is 8.08. The molecule has 4 heteroatoms. The molecule has 2 unspecified atom stereocenters. The topological polar surface area (TPSA) is 38.3 Å². The summed E-state index contributed by atoms with van der Waals surface area (Å²) in [4.78, 5) is 11.8. The lowest BCUT2D eigenvalue weighted by Gasteiger charge is -2.29. The molecule has 0 amide bonds. The van der Waals surface area contributed by atoms with Crippen LogP contribution < -0.4 is 5.32 Å². The molecule has 1 saturated carbocycles. The van der Waals surface area contributed by atoms with Crippen LogP contribution in [0.15, 0.2) is 22.7 Å². The van der Waals surface area contributed by atoms with Gasteiger partial charge >= 0.3 is 5.97 Å². The molecule has 0 aliphatic heterocycles. The highest BCUT2D eigenvalue weighted by Gasteiger charge is 2.28. The molecule has 3 nitrogen and oxygen atoms in total. The lowest BCUT2D eigenvalue weighted by molar-refractivity contribution is -0.149. The third kappa shape index (κ3) is 3.98. The molecule has 1 aromatic carbocycles. The van der Waals surface area contributed by atoms with Crippen LogP contribution in [0.5, 0.6) is 0 Å². The maximum absolute atomic E-state index is 11.8. The molecule has 0 radical (unpaired) electrons. The van der Waals surface area contributed by atoms with Gasteiger partial charge in [0.2, 0.25) is 0 Å². The number of rotatable bonds is 4. The summed E-state index contributed by atoms with van der Waals surface area (Å²) >= 11 is 3.59. The first kappa shape index (κ1) is 15.4. The summed E-state index contributed by atoms with van der Waals surface area (Å²) in [5, 5.41) is 3.55. The quantitative estimate of drug-likeness (QED) is 0.831. The van der Waals surface area contributed by atoms with Gasteiger partial charge in [-0.05, 0) is 66.7 Å². The van der Waals surface area contributed by atoms with Crippen molar-refractivity contribution in [2.45, 2.75) is 45.6 Å². The van der Waals surface area contributed by atoms with Crippen LogP contribution >= 0.6 is 15.9 Å². The van der Waals surface area contributed by atoms with Gasteiger partial charge in [-0.1, -0.05) is 12.5 Å². The molecule has 1 N–H and O–H groups in total. The highest BCUT2D eigenvalue weighted by atomic mass is 79.9. The maximum atomic E-state index is 11.8. The normalized spacial score (nSPS) is 22.4. The van der Waals surface area contributed by atoms with Crippen LogP contribution in [0.25, 0.3) is 0 Å². The molecule has 1 aromatic rings. The van der Waals surface area contributed by atoms with Crippen LogP contribution in [-0.2, 0) is 9.53 Å². The summed E-state index contributed by atoms with van der Waals surface area (Å²) in [5.41, 5.74) is 2.33.